The third-order valence-corrected chi connectivity index (χ3v) is 3.20. The molecule has 2 N–H and O–H groups in total. The number of aldehydes is 1. The van der Waals surface area contributed by atoms with Crippen molar-refractivity contribution >= 4 is 17.9 Å². The molecule has 0 atom stereocenters. The van der Waals surface area contributed by atoms with E-state index < -0.39 is 11.5 Å². The van der Waals surface area contributed by atoms with E-state index in [1.807, 2.05) is 6.92 Å². The first-order valence-corrected chi connectivity index (χ1v) is 6.39. The van der Waals surface area contributed by atoms with E-state index in [2.05, 4.69) is 0 Å². The van der Waals surface area contributed by atoms with Gasteiger partial charge in [0, 0.05) is 16.7 Å². The number of para-hydroxylation sites is 1. The largest absolute Gasteiger partial charge is 0.504 e. The number of rotatable bonds is 4. The average molecular weight is 293 g/mol. The van der Waals surface area contributed by atoms with Crippen LogP contribution in [0.5, 0.6) is 17.2 Å². The molecule has 0 saturated heterocycles. The van der Waals surface area contributed by atoms with Crippen LogP contribution < -0.4 is 4.74 Å². The molecule has 0 saturated carbocycles. The molecule has 0 fully saturated rings. The van der Waals surface area contributed by atoms with Gasteiger partial charge in [0.15, 0.2) is 17.8 Å². The van der Waals surface area contributed by atoms with Gasteiger partial charge in [0.2, 0.25) is 0 Å². The zero-order valence-electron chi connectivity index (χ0n) is 10.8. The van der Waals surface area contributed by atoms with Crippen LogP contribution in [0.25, 0.3) is 11.1 Å². The molecule has 0 radical (unpaired) electrons. The van der Waals surface area contributed by atoms with Crippen LogP contribution in [0.3, 0.4) is 0 Å². The fourth-order valence-corrected chi connectivity index (χ4v) is 2.27. The standard InChI is InChI=1S/C15H13ClO4/c1-2-20-12-6-4-3-5-10(12)13-9(8-17)7-11(18)15(19)14(13)16/h3-8,18-19H,2H2,1H3. The number of aromatic hydroxyl groups is 2. The van der Waals surface area contributed by atoms with Gasteiger partial charge in [0.05, 0.1) is 11.6 Å². The number of phenolic OH excluding ortho intramolecular Hbond substituents is 2. The predicted molar refractivity (Wildman–Crippen MR) is 76.8 cm³/mol. The Labute approximate surface area is 121 Å². The van der Waals surface area contributed by atoms with Gasteiger partial charge in [0.1, 0.15) is 5.75 Å². The number of phenols is 2. The molecule has 0 aliphatic carbocycles. The molecule has 0 bridgehead atoms. The molecule has 5 heteroatoms. The van der Waals surface area contributed by atoms with Gasteiger partial charge in [-0.3, -0.25) is 4.79 Å². The van der Waals surface area contributed by atoms with E-state index in [-0.39, 0.29) is 10.6 Å². The lowest BCUT2D eigenvalue weighted by atomic mass is 9.98. The summed E-state index contributed by atoms with van der Waals surface area (Å²) in [6.07, 6.45) is 0.573. The van der Waals surface area contributed by atoms with Crippen molar-refractivity contribution in [2.24, 2.45) is 0 Å². The molecule has 0 spiro atoms. The molecule has 20 heavy (non-hydrogen) atoms. The summed E-state index contributed by atoms with van der Waals surface area (Å²) in [6.45, 7) is 2.29. The van der Waals surface area contributed by atoms with Gasteiger partial charge in [-0.15, -0.1) is 0 Å². The summed E-state index contributed by atoms with van der Waals surface area (Å²) in [4.78, 5) is 11.2. The summed E-state index contributed by atoms with van der Waals surface area (Å²) in [5.41, 5.74) is 1.09. The lowest BCUT2D eigenvalue weighted by Crippen LogP contribution is -1.96. The molecule has 104 valence electrons. The van der Waals surface area contributed by atoms with Crippen LogP contribution in [0.2, 0.25) is 5.02 Å². The molecule has 0 amide bonds. The minimum Gasteiger partial charge on any atom is -0.504 e. The first-order chi connectivity index (χ1) is 9.60. The van der Waals surface area contributed by atoms with Crippen molar-refractivity contribution in [2.45, 2.75) is 6.92 Å². The van der Waals surface area contributed by atoms with Gasteiger partial charge in [-0.1, -0.05) is 29.8 Å². The number of carbonyl (C=O) groups is 1. The first kappa shape index (κ1) is 14.2. The maximum absolute atomic E-state index is 11.2. The van der Waals surface area contributed by atoms with E-state index in [9.17, 15) is 15.0 Å². The summed E-state index contributed by atoms with van der Waals surface area (Å²) < 4.78 is 5.50. The SMILES string of the molecule is CCOc1ccccc1-c1c(C=O)cc(O)c(O)c1Cl. The van der Waals surface area contributed by atoms with Gasteiger partial charge < -0.3 is 14.9 Å². The summed E-state index contributed by atoms with van der Waals surface area (Å²) in [5.74, 6) is -0.349. The Bertz CT molecular complexity index is 653. The van der Waals surface area contributed by atoms with E-state index in [1.165, 1.54) is 6.07 Å². The van der Waals surface area contributed by atoms with Gasteiger partial charge in [-0.25, -0.2) is 0 Å². The Morgan fingerprint density at radius 2 is 2.00 bits per heavy atom. The molecule has 0 aliphatic rings. The van der Waals surface area contributed by atoms with Crippen LogP contribution in [-0.2, 0) is 0 Å². The quantitative estimate of drug-likeness (QED) is 0.667. The van der Waals surface area contributed by atoms with Crippen molar-refractivity contribution < 1.29 is 19.7 Å². The van der Waals surface area contributed by atoms with Crippen molar-refractivity contribution in [1.82, 2.24) is 0 Å². The smallest absolute Gasteiger partial charge is 0.177 e. The number of halogens is 1. The van der Waals surface area contributed by atoms with E-state index in [0.29, 0.717) is 29.8 Å². The highest BCUT2D eigenvalue weighted by Gasteiger charge is 2.19. The highest BCUT2D eigenvalue weighted by molar-refractivity contribution is 6.35. The fraction of sp³-hybridized carbons (Fsp3) is 0.133. The molecule has 2 aromatic rings. The minimum atomic E-state index is -0.460. The molecule has 2 aromatic carbocycles. The topological polar surface area (TPSA) is 66.8 Å². The summed E-state index contributed by atoms with van der Waals surface area (Å²) in [7, 11) is 0. The van der Waals surface area contributed by atoms with Crippen molar-refractivity contribution in [3.8, 4) is 28.4 Å². The third-order valence-electron chi connectivity index (χ3n) is 2.83. The number of benzene rings is 2. The number of hydrogen-bond donors (Lipinski definition) is 2. The van der Waals surface area contributed by atoms with Crippen molar-refractivity contribution in [2.75, 3.05) is 6.61 Å². The summed E-state index contributed by atoms with van der Waals surface area (Å²) in [6, 6.07) is 8.21. The lowest BCUT2D eigenvalue weighted by molar-refractivity contribution is 0.112. The van der Waals surface area contributed by atoms with E-state index >= 15 is 0 Å². The molecule has 0 aliphatic heterocycles. The second kappa shape index (κ2) is 5.84. The molecular formula is C15H13ClO4. The summed E-state index contributed by atoms with van der Waals surface area (Å²) in [5, 5.41) is 19.2. The Morgan fingerprint density at radius 1 is 1.30 bits per heavy atom. The van der Waals surface area contributed by atoms with E-state index in [4.69, 9.17) is 16.3 Å². The van der Waals surface area contributed by atoms with Crippen LogP contribution in [0, 0.1) is 0 Å². The number of ether oxygens (including phenoxy) is 1. The fourth-order valence-electron chi connectivity index (χ4n) is 1.97. The zero-order chi connectivity index (χ0) is 14.7. The number of carbonyl (C=O) groups excluding carboxylic acids is 1. The number of hydrogen-bond acceptors (Lipinski definition) is 4. The van der Waals surface area contributed by atoms with Crippen LogP contribution in [0.1, 0.15) is 17.3 Å². The Morgan fingerprint density at radius 3 is 2.65 bits per heavy atom. The molecular weight excluding hydrogens is 280 g/mol. The zero-order valence-corrected chi connectivity index (χ0v) is 11.5. The molecule has 2 rings (SSSR count). The van der Waals surface area contributed by atoms with E-state index in [1.54, 1.807) is 24.3 Å². The highest BCUT2D eigenvalue weighted by Crippen LogP contribution is 2.45. The lowest BCUT2D eigenvalue weighted by Gasteiger charge is -2.14. The van der Waals surface area contributed by atoms with E-state index in [0.717, 1.165) is 0 Å². The van der Waals surface area contributed by atoms with Crippen LogP contribution in [0.15, 0.2) is 30.3 Å². The van der Waals surface area contributed by atoms with Crippen molar-refractivity contribution in [3.05, 3.63) is 40.9 Å². The molecule has 4 nitrogen and oxygen atoms in total. The van der Waals surface area contributed by atoms with Crippen LogP contribution in [0.4, 0.5) is 0 Å². The highest BCUT2D eigenvalue weighted by atomic mass is 35.5. The van der Waals surface area contributed by atoms with Gasteiger partial charge in [-0.05, 0) is 19.1 Å². The van der Waals surface area contributed by atoms with Crippen LogP contribution in [-0.4, -0.2) is 23.1 Å². The van der Waals surface area contributed by atoms with Gasteiger partial charge in [-0.2, -0.15) is 0 Å². The molecule has 0 unspecified atom stereocenters. The van der Waals surface area contributed by atoms with Crippen molar-refractivity contribution in [3.63, 3.8) is 0 Å². The minimum absolute atomic E-state index is 0.0840. The molecule has 0 aromatic heterocycles. The first-order valence-electron chi connectivity index (χ1n) is 6.02. The van der Waals surface area contributed by atoms with Crippen molar-refractivity contribution in [1.29, 1.82) is 0 Å². The maximum Gasteiger partial charge on any atom is 0.177 e. The average Bonchev–Trinajstić information content (AvgIpc) is 2.46. The monoisotopic (exact) mass is 292 g/mol. The van der Waals surface area contributed by atoms with Crippen LogP contribution >= 0.6 is 11.6 Å². The predicted octanol–water partition coefficient (Wildman–Crippen LogP) is 3.63. The third kappa shape index (κ3) is 2.42. The maximum atomic E-state index is 11.2. The summed E-state index contributed by atoms with van der Waals surface area (Å²) >= 11 is 6.06. The Balaban J connectivity index is 2.75. The second-order valence-corrected chi connectivity index (χ2v) is 4.45. The Hall–Kier alpha value is -2.20. The molecule has 0 heterocycles. The Kier molecular flexibility index (Phi) is 4.15. The second-order valence-electron chi connectivity index (χ2n) is 4.07. The normalized spacial score (nSPS) is 10.3. The van der Waals surface area contributed by atoms with Gasteiger partial charge in [0.25, 0.3) is 0 Å². The van der Waals surface area contributed by atoms with Gasteiger partial charge >= 0.3 is 0 Å².